The molecule has 0 aliphatic carbocycles. The van der Waals surface area contributed by atoms with E-state index in [4.69, 9.17) is 4.74 Å². The zero-order chi connectivity index (χ0) is 25.1. The Morgan fingerprint density at radius 2 is 1.97 bits per heavy atom. The molecule has 4 aromatic rings. The molecule has 0 unspecified atom stereocenters. The highest BCUT2D eigenvalue weighted by atomic mass is 19.1. The first-order valence-corrected chi connectivity index (χ1v) is 10.7. The summed E-state index contributed by atoms with van der Waals surface area (Å²) in [6, 6.07) is 5.17. The van der Waals surface area contributed by atoms with Crippen molar-refractivity contribution in [3.63, 3.8) is 0 Å². The molecule has 1 amide bonds. The van der Waals surface area contributed by atoms with Gasteiger partial charge >= 0.3 is 5.97 Å². The summed E-state index contributed by atoms with van der Waals surface area (Å²) < 4.78 is 35.5. The van der Waals surface area contributed by atoms with Gasteiger partial charge in [-0.25, -0.2) is 23.1 Å². The van der Waals surface area contributed by atoms with Gasteiger partial charge in [-0.15, -0.1) is 0 Å². The summed E-state index contributed by atoms with van der Waals surface area (Å²) in [5.74, 6) is -3.16. The second-order valence-electron chi connectivity index (χ2n) is 7.99. The summed E-state index contributed by atoms with van der Waals surface area (Å²) in [5.41, 5.74) is 1.51. The van der Waals surface area contributed by atoms with Gasteiger partial charge in [0, 0.05) is 36.8 Å². The van der Waals surface area contributed by atoms with Crippen molar-refractivity contribution in [2.24, 2.45) is 0 Å². The van der Waals surface area contributed by atoms with Gasteiger partial charge in [-0.05, 0) is 23.6 Å². The lowest BCUT2D eigenvalue weighted by atomic mass is 10.00. The lowest BCUT2D eigenvalue weighted by Gasteiger charge is -2.13. The number of carbonyl (C=O) groups excluding carboxylic acids is 2. The number of fused-ring (bicyclic) bond motifs is 1. The number of rotatable bonds is 7. The van der Waals surface area contributed by atoms with Crippen molar-refractivity contribution in [3.8, 4) is 0 Å². The number of hydrogen-bond acceptors (Lipinski definition) is 7. The minimum absolute atomic E-state index is 0.122. The zero-order valence-corrected chi connectivity index (χ0v) is 19.2. The molecule has 35 heavy (non-hydrogen) atoms. The first kappa shape index (κ1) is 23.7. The summed E-state index contributed by atoms with van der Waals surface area (Å²) in [6.07, 6.45) is 5.89. The van der Waals surface area contributed by atoms with Gasteiger partial charge in [-0.2, -0.15) is 5.10 Å². The quantitative estimate of drug-likeness (QED) is 0.385. The van der Waals surface area contributed by atoms with Crippen LogP contribution in [0.25, 0.3) is 5.52 Å². The molecule has 11 heteroatoms. The number of methoxy groups -OCH3 is 1. The smallest absolute Gasteiger partial charge is 0.339 e. The number of carbonyl (C=O) groups is 2. The Kier molecular flexibility index (Phi) is 6.67. The molecular formula is C24H22F2N6O3. The average Bonchev–Trinajstić information content (AvgIpc) is 3.25. The maximum absolute atomic E-state index is 14.7. The third-order valence-corrected chi connectivity index (χ3v) is 5.33. The number of ether oxygens (including phenoxy) is 1. The largest absolute Gasteiger partial charge is 0.465 e. The van der Waals surface area contributed by atoms with Crippen molar-refractivity contribution >= 4 is 28.9 Å². The van der Waals surface area contributed by atoms with Crippen molar-refractivity contribution < 1.29 is 23.1 Å². The normalized spacial score (nSPS) is 11.0. The van der Waals surface area contributed by atoms with Crippen molar-refractivity contribution in [1.82, 2.24) is 24.9 Å². The predicted octanol–water partition coefficient (Wildman–Crippen LogP) is 3.99. The van der Waals surface area contributed by atoms with Gasteiger partial charge in [0.15, 0.2) is 5.82 Å². The molecule has 0 radical (unpaired) electrons. The SMILES string of the molecule is COC(=O)c1cn2ncnc(Nc3cc(C(=O)NCc4cccnc4)c(F)cc3F)c2c1C(C)C. The number of pyridine rings is 1. The molecule has 1 aromatic carbocycles. The molecule has 0 saturated heterocycles. The fraction of sp³-hybridized carbons (Fsp3) is 0.208. The summed E-state index contributed by atoms with van der Waals surface area (Å²) in [7, 11) is 1.27. The van der Waals surface area contributed by atoms with Crippen LogP contribution in [0.1, 0.15) is 51.6 Å². The van der Waals surface area contributed by atoms with Crippen LogP contribution in [0.15, 0.2) is 49.2 Å². The minimum atomic E-state index is -1.01. The first-order valence-electron chi connectivity index (χ1n) is 10.7. The van der Waals surface area contributed by atoms with Gasteiger partial charge in [-0.1, -0.05) is 19.9 Å². The molecule has 180 valence electrons. The van der Waals surface area contributed by atoms with E-state index in [9.17, 15) is 18.4 Å². The van der Waals surface area contributed by atoms with E-state index in [0.29, 0.717) is 22.7 Å². The Morgan fingerprint density at radius 3 is 2.66 bits per heavy atom. The number of anilines is 2. The molecule has 0 atom stereocenters. The molecule has 0 aliphatic rings. The van der Waals surface area contributed by atoms with E-state index < -0.39 is 23.5 Å². The van der Waals surface area contributed by atoms with Crippen molar-refractivity contribution in [3.05, 3.63) is 83.1 Å². The van der Waals surface area contributed by atoms with Crippen LogP contribution in [-0.2, 0) is 11.3 Å². The molecule has 0 spiro atoms. The van der Waals surface area contributed by atoms with Crippen LogP contribution in [0.4, 0.5) is 20.3 Å². The first-order chi connectivity index (χ1) is 16.8. The van der Waals surface area contributed by atoms with Crippen LogP contribution in [0.2, 0.25) is 0 Å². The van der Waals surface area contributed by atoms with E-state index in [1.165, 1.54) is 24.1 Å². The summed E-state index contributed by atoms with van der Waals surface area (Å²) >= 11 is 0. The summed E-state index contributed by atoms with van der Waals surface area (Å²) in [5, 5.41) is 9.55. The molecule has 0 fully saturated rings. The molecular weight excluding hydrogens is 458 g/mol. The highest BCUT2D eigenvalue weighted by Gasteiger charge is 2.24. The Morgan fingerprint density at radius 1 is 1.17 bits per heavy atom. The molecule has 4 rings (SSSR count). The van der Waals surface area contributed by atoms with Crippen molar-refractivity contribution in [1.29, 1.82) is 0 Å². The second kappa shape index (κ2) is 9.84. The number of halogens is 2. The molecule has 3 heterocycles. The average molecular weight is 480 g/mol. The Hall–Kier alpha value is -4.41. The lowest BCUT2D eigenvalue weighted by molar-refractivity contribution is 0.0599. The number of nitrogens with one attached hydrogen (secondary N) is 2. The van der Waals surface area contributed by atoms with E-state index in [1.54, 1.807) is 24.5 Å². The third-order valence-electron chi connectivity index (χ3n) is 5.33. The molecule has 3 aromatic heterocycles. The Labute approximate surface area is 199 Å². The van der Waals surface area contributed by atoms with Crippen LogP contribution >= 0.6 is 0 Å². The highest BCUT2D eigenvalue weighted by molar-refractivity contribution is 5.97. The Bertz CT molecular complexity index is 1410. The van der Waals surface area contributed by atoms with Crippen molar-refractivity contribution in [2.45, 2.75) is 26.3 Å². The second-order valence-corrected chi connectivity index (χ2v) is 7.99. The molecule has 9 nitrogen and oxygen atoms in total. The molecule has 0 bridgehead atoms. The number of benzene rings is 1. The van der Waals surface area contributed by atoms with E-state index in [1.807, 2.05) is 13.8 Å². The van der Waals surface area contributed by atoms with Crippen LogP contribution in [0.3, 0.4) is 0 Å². The van der Waals surface area contributed by atoms with Gasteiger partial charge in [0.1, 0.15) is 23.5 Å². The summed E-state index contributed by atoms with van der Waals surface area (Å²) in [6.45, 7) is 3.88. The maximum Gasteiger partial charge on any atom is 0.339 e. The van der Waals surface area contributed by atoms with Crippen LogP contribution < -0.4 is 10.6 Å². The molecule has 0 saturated carbocycles. The topological polar surface area (TPSA) is 111 Å². The number of nitrogens with zero attached hydrogens (tertiary/aromatic N) is 4. The van der Waals surface area contributed by atoms with E-state index in [-0.39, 0.29) is 29.5 Å². The van der Waals surface area contributed by atoms with Gasteiger partial charge in [0.2, 0.25) is 0 Å². The zero-order valence-electron chi connectivity index (χ0n) is 19.2. The van der Waals surface area contributed by atoms with Crippen LogP contribution in [0.5, 0.6) is 0 Å². The van der Waals surface area contributed by atoms with Crippen LogP contribution in [-0.4, -0.2) is 38.6 Å². The fourth-order valence-corrected chi connectivity index (χ4v) is 3.71. The monoisotopic (exact) mass is 480 g/mol. The van der Waals surface area contributed by atoms with Crippen molar-refractivity contribution in [2.75, 3.05) is 12.4 Å². The standard InChI is InChI=1S/C24H22F2N6O3/c1-13(2)20-16(24(34)35-3)11-32-21(20)22(29-12-30-32)31-19-7-15(17(25)8-18(19)26)23(33)28-10-14-5-4-6-27-9-14/h4-9,11-13H,10H2,1-3H3,(H,28,33)(H,29,30,31). The van der Waals surface area contributed by atoms with E-state index in [0.717, 1.165) is 11.6 Å². The van der Waals surface area contributed by atoms with Gasteiger partial charge in [0.05, 0.1) is 23.9 Å². The highest BCUT2D eigenvalue weighted by Crippen LogP contribution is 2.32. The number of amides is 1. The van der Waals surface area contributed by atoms with E-state index in [2.05, 4.69) is 25.7 Å². The number of aromatic nitrogens is 4. The minimum Gasteiger partial charge on any atom is -0.465 e. The van der Waals surface area contributed by atoms with Gasteiger partial charge < -0.3 is 15.4 Å². The number of esters is 1. The third kappa shape index (κ3) is 4.79. The number of hydrogen-bond donors (Lipinski definition) is 2. The van der Waals surface area contributed by atoms with Gasteiger partial charge in [-0.3, -0.25) is 9.78 Å². The summed E-state index contributed by atoms with van der Waals surface area (Å²) in [4.78, 5) is 33.1. The Balaban J connectivity index is 1.70. The van der Waals surface area contributed by atoms with E-state index >= 15 is 0 Å². The predicted molar refractivity (Wildman–Crippen MR) is 123 cm³/mol. The fourth-order valence-electron chi connectivity index (χ4n) is 3.71. The van der Waals surface area contributed by atoms with Gasteiger partial charge in [0.25, 0.3) is 5.91 Å². The maximum atomic E-state index is 14.7. The molecule has 2 N–H and O–H groups in total. The molecule has 0 aliphatic heterocycles. The lowest BCUT2D eigenvalue weighted by Crippen LogP contribution is -2.24. The van der Waals surface area contributed by atoms with Crippen LogP contribution in [0, 0.1) is 11.6 Å².